The summed E-state index contributed by atoms with van der Waals surface area (Å²) in [5.74, 6) is 0. The number of unbranched alkanes of at least 4 members (excludes halogenated alkanes) is 20. The first-order valence-electron chi connectivity index (χ1n) is 17.2. The third-order valence-electron chi connectivity index (χ3n) is 8.04. The van der Waals surface area contributed by atoms with Crippen molar-refractivity contribution in [1.82, 2.24) is 0 Å². The van der Waals surface area contributed by atoms with Crippen LogP contribution in [0.4, 0.5) is 0 Å². The van der Waals surface area contributed by atoms with Crippen LogP contribution in [0.15, 0.2) is 0 Å². The Balaban J connectivity index is 4.50. The molecule has 218 valence electrons. The highest BCUT2D eigenvalue weighted by Crippen LogP contribution is 2.45. The van der Waals surface area contributed by atoms with Crippen molar-refractivity contribution in [2.45, 2.75) is 182 Å². The molecule has 0 aliphatic rings. The van der Waals surface area contributed by atoms with E-state index < -0.39 is 0 Å². The van der Waals surface area contributed by atoms with Crippen molar-refractivity contribution in [3.05, 3.63) is 0 Å². The molecule has 0 bridgehead atoms. The van der Waals surface area contributed by atoms with Gasteiger partial charge >= 0.3 is 0 Å². The summed E-state index contributed by atoms with van der Waals surface area (Å²) in [5, 5.41) is 0. The van der Waals surface area contributed by atoms with E-state index in [1.165, 1.54) is 154 Å². The summed E-state index contributed by atoms with van der Waals surface area (Å²) in [4.78, 5) is 0. The molecule has 0 rings (SSSR count). The minimum Gasteiger partial charge on any atom is -0.106 e. The van der Waals surface area contributed by atoms with Gasteiger partial charge in [0.15, 0.2) is 0 Å². The molecule has 0 aliphatic heterocycles. The molecule has 0 N–H and O–H groups in total. The molecule has 0 radical (unpaired) electrons. The van der Waals surface area contributed by atoms with Crippen LogP contribution in [0.1, 0.15) is 182 Å². The van der Waals surface area contributed by atoms with Crippen LogP contribution in [0.3, 0.4) is 0 Å². The monoisotopic (exact) mass is 543 g/mol. The predicted molar refractivity (Wildman–Crippen MR) is 177 cm³/mol. The van der Waals surface area contributed by atoms with E-state index in [2.05, 4.69) is 27.7 Å². The van der Waals surface area contributed by atoms with Gasteiger partial charge in [-0.2, -0.15) is 0 Å². The van der Waals surface area contributed by atoms with E-state index in [9.17, 15) is 0 Å². The fraction of sp³-hybridized carbons (Fsp3) is 1.00. The second-order valence-corrected chi connectivity index (χ2v) is 17.1. The van der Waals surface area contributed by atoms with Crippen LogP contribution >= 0.6 is 15.8 Å². The zero-order valence-corrected chi connectivity index (χ0v) is 27.9. The summed E-state index contributed by atoms with van der Waals surface area (Å²) in [7, 11) is 0.642. The van der Waals surface area contributed by atoms with Gasteiger partial charge in [0.1, 0.15) is 0 Å². The van der Waals surface area contributed by atoms with Gasteiger partial charge < -0.3 is 0 Å². The third kappa shape index (κ3) is 27.9. The summed E-state index contributed by atoms with van der Waals surface area (Å²) >= 11 is 0. The number of rotatable bonds is 31. The zero-order valence-electron chi connectivity index (χ0n) is 26.1. The zero-order chi connectivity index (χ0) is 26.4. The van der Waals surface area contributed by atoms with Crippen molar-refractivity contribution in [2.75, 3.05) is 37.0 Å². The molecule has 36 heavy (non-hydrogen) atoms. The molecule has 0 atom stereocenters. The predicted octanol–water partition coefficient (Wildman–Crippen LogP) is 13.4. The molecule has 0 saturated carbocycles. The lowest BCUT2D eigenvalue weighted by atomic mass is 10.1. The van der Waals surface area contributed by atoms with Gasteiger partial charge in [0.2, 0.25) is 0 Å². The topological polar surface area (TPSA) is 0 Å². The molecular weight excluding hydrogens is 470 g/mol. The van der Waals surface area contributed by atoms with E-state index in [1.807, 2.05) is 0 Å². The quantitative estimate of drug-likeness (QED) is 0.0603. The van der Waals surface area contributed by atoms with Crippen molar-refractivity contribution in [3.63, 3.8) is 0 Å². The minimum atomic E-state index is 0.321. The van der Waals surface area contributed by atoms with Crippen LogP contribution in [-0.4, -0.2) is 37.0 Å². The van der Waals surface area contributed by atoms with Crippen molar-refractivity contribution >= 4 is 15.8 Å². The Morgan fingerprint density at radius 2 is 0.417 bits per heavy atom. The van der Waals surface area contributed by atoms with Gasteiger partial charge in [-0.15, -0.1) is 15.8 Å². The molecule has 0 aromatic heterocycles. The highest BCUT2D eigenvalue weighted by molar-refractivity contribution is 7.61. The molecule has 2 heteroatoms. The second kappa shape index (κ2) is 32.1. The molecule has 0 aliphatic carbocycles. The molecule has 0 saturated heterocycles. The molecule has 0 heterocycles. The first-order chi connectivity index (χ1) is 17.8. The summed E-state index contributed by atoms with van der Waals surface area (Å²) in [6, 6.07) is 0. The Labute approximate surface area is 234 Å². The van der Waals surface area contributed by atoms with Crippen molar-refractivity contribution in [1.29, 1.82) is 0 Å². The van der Waals surface area contributed by atoms with E-state index in [0.29, 0.717) is 15.8 Å². The standard InChI is InChI=1S/C34H72P2/c1-5-9-13-17-21-25-29-35(30-26-22-18-14-10-6-2)33-34-36(31-27-23-19-15-11-7-3)32-28-24-20-16-12-8-4/h5-34H2,1-4H3. The Kier molecular flexibility index (Phi) is 32.8. The Bertz CT molecular complexity index is 315. The lowest BCUT2D eigenvalue weighted by Crippen LogP contribution is -2.04. The lowest BCUT2D eigenvalue weighted by Gasteiger charge is -2.23. The molecular formula is C34H72P2. The van der Waals surface area contributed by atoms with Gasteiger partial charge in [-0.05, 0) is 62.7 Å². The minimum absolute atomic E-state index is 0.321. The third-order valence-corrected chi connectivity index (χ3v) is 13.9. The fourth-order valence-corrected chi connectivity index (χ4v) is 11.7. The lowest BCUT2D eigenvalue weighted by molar-refractivity contribution is 0.621. The van der Waals surface area contributed by atoms with E-state index in [-0.39, 0.29) is 0 Å². The molecule has 0 aromatic carbocycles. The molecule has 0 aromatic rings. The smallest absolute Gasteiger partial charge is 0.0286 e. The largest absolute Gasteiger partial charge is 0.106 e. The van der Waals surface area contributed by atoms with Crippen LogP contribution in [0, 0.1) is 0 Å². The summed E-state index contributed by atoms with van der Waals surface area (Å²) in [5.41, 5.74) is 0. The van der Waals surface area contributed by atoms with Crippen LogP contribution in [0.25, 0.3) is 0 Å². The molecule has 0 amide bonds. The van der Waals surface area contributed by atoms with Gasteiger partial charge in [0.25, 0.3) is 0 Å². The van der Waals surface area contributed by atoms with Gasteiger partial charge in [0.05, 0.1) is 0 Å². The molecule has 0 fully saturated rings. The Morgan fingerprint density at radius 3 is 0.639 bits per heavy atom. The highest BCUT2D eigenvalue weighted by atomic mass is 31.1. The first kappa shape index (κ1) is 36.9. The second-order valence-electron chi connectivity index (χ2n) is 11.8. The fourth-order valence-electron chi connectivity index (χ4n) is 5.42. The average molecular weight is 543 g/mol. The van der Waals surface area contributed by atoms with Gasteiger partial charge in [-0.25, -0.2) is 0 Å². The van der Waals surface area contributed by atoms with E-state index >= 15 is 0 Å². The molecule has 0 spiro atoms. The van der Waals surface area contributed by atoms with Crippen molar-refractivity contribution in [3.8, 4) is 0 Å². The number of hydrogen-bond donors (Lipinski definition) is 0. The summed E-state index contributed by atoms with van der Waals surface area (Å²) in [6.07, 6.45) is 45.1. The number of hydrogen-bond acceptors (Lipinski definition) is 0. The maximum absolute atomic E-state index is 2.34. The van der Waals surface area contributed by atoms with Crippen molar-refractivity contribution in [2.24, 2.45) is 0 Å². The summed E-state index contributed by atoms with van der Waals surface area (Å²) in [6.45, 7) is 9.37. The first-order valence-corrected chi connectivity index (χ1v) is 21.0. The SMILES string of the molecule is CCCCCCCCP(CCCCCCCC)CCP(CCCCCCCC)CCCCCCCC. The Morgan fingerprint density at radius 1 is 0.222 bits per heavy atom. The normalized spacial score (nSPS) is 11.8. The van der Waals surface area contributed by atoms with Gasteiger partial charge in [-0.1, -0.05) is 156 Å². The van der Waals surface area contributed by atoms with Crippen LogP contribution < -0.4 is 0 Å². The van der Waals surface area contributed by atoms with E-state index in [1.54, 1.807) is 37.0 Å². The molecule has 0 nitrogen and oxygen atoms in total. The van der Waals surface area contributed by atoms with E-state index in [0.717, 1.165) is 0 Å². The van der Waals surface area contributed by atoms with Gasteiger partial charge in [-0.3, -0.25) is 0 Å². The van der Waals surface area contributed by atoms with Crippen LogP contribution in [0.2, 0.25) is 0 Å². The van der Waals surface area contributed by atoms with Crippen LogP contribution in [-0.2, 0) is 0 Å². The Hall–Kier alpha value is 0.860. The van der Waals surface area contributed by atoms with Gasteiger partial charge in [0, 0.05) is 0 Å². The maximum Gasteiger partial charge on any atom is -0.0286 e. The maximum atomic E-state index is 2.34. The van der Waals surface area contributed by atoms with Crippen molar-refractivity contribution < 1.29 is 0 Å². The van der Waals surface area contributed by atoms with E-state index in [4.69, 9.17) is 0 Å². The summed E-state index contributed by atoms with van der Waals surface area (Å²) < 4.78 is 0. The van der Waals surface area contributed by atoms with Crippen LogP contribution in [0.5, 0.6) is 0 Å². The average Bonchev–Trinajstić information content (AvgIpc) is 2.89. The molecule has 0 unspecified atom stereocenters. The highest BCUT2D eigenvalue weighted by Gasteiger charge is 2.13.